The Hall–Kier alpha value is -2.91. The second-order valence-corrected chi connectivity index (χ2v) is 9.97. The summed E-state index contributed by atoms with van der Waals surface area (Å²) in [5, 5.41) is 12.3. The van der Waals surface area contributed by atoms with Crippen LogP contribution in [0.1, 0.15) is 50.7 Å². The molecule has 0 heterocycles. The first-order chi connectivity index (χ1) is 17.4. The third kappa shape index (κ3) is 10.4. The van der Waals surface area contributed by atoms with Crippen LogP contribution in [0.5, 0.6) is 11.5 Å². The summed E-state index contributed by atoms with van der Waals surface area (Å²) in [5.74, 6) is 0.728. The molecule has 0 aliphatic heterocycles. The van der Waals surface area contributed by atoms with E-state index in [1.807, 2.05) is 54.6 Å². The van der Waals surface area contributed by atoms with Gasteiger partial charge in [0.05, 0.1) is 5.69 Å². The lowest BCUT2D eigenvalue weighted by Gasteiger charge is -2.18. The molecule has 36 heavy (non-hydrogen) atoms. The number of primary sulfonamides is 1. The summed E-state index contributed by atoms with van der Waals surface area (Å²) in [6, 6.07) is 22.4. The second-order valence-electron chi connectivity index (χ2n) is 8.44. The zero-order valence-corrected chi connectivity index (χ0v) is 22.2. The molecule has 0 fully saturated rings. The molecule has 0 aliphatic carbocycles. The Morgan fingerprint density at radius 2 is 1.47 bits per heavy atom. The average molecular weight is 513 g/mol. The Balaban J connectivity index is 0.000000830. The minimum absolute atomic E-state index is 0.0401. The Morgan fingerprint density at radius 1 is 0.833 bits per heavy atom. The summed E-state index contributed by atoms with van der Waals surface area (Å²) in [7, 11) is -4.01. The average Bonchev–Trinajstić information content (AvgIpc) is 2.88. The number of ether oxygens (including phenoxy) is 1. The molecule has 8 heteroatoms. The van der Waals surface area contributed by atoms with Gasteiger partial charge in [0.2, 0.25) is 10.0 Å². The van der Waals surface area contributed by atoms with Gasteiger partial charge in [-0.15, -0.1) is 0 Å². The molecule has 3 rings (SSSR count). The van der Waals surface area contributed by atoms with Crippen molar-refractivity contribution >= 4 is 15.7 Å². The molecular formula is C28H40N4O3S. The van der Waals surface area contributed by atoms with Crippen molar-refractivity contribution in [2.45, 2.75) is 57.5 Å². The number of anilines is 1. The van der Waals surface area contributed by atoms with Gasteiger partial charge < -0.3 is 21.1 Å². The summed E-state index contributed by atoms with van der Waals surface area (Å²) in [6.07, 6.45) is 4.52. The van der Waals surface area contributed by atoms with E-state index < -0.39 is 10.0 Å². The highest BCUT2D eigenvalue weighted by Crippen LogP contribution is 2.37. The van der Waals surface area contributed by atoms with Crippen LogP contribution < -0.4 is 26.2 Å². The van der Waals surface area contributed by atoms with Gasteiger partial charge in [-0.05, 0) is 61.3 Å². The molecule has 0 saturated heterocycles. The number of hydrogen-bond acceptors (Lipinski definition) is 6. The SMILES string of the molecule is CCCCN.CCCCNCc1cc(NCc2ccccc2)c(Oc2ccccc2)c(S(N)(=O)=O)c1. The Labute approximate surface area is 216 Å². The molecule has 0 spiro atoms. The number of benzene rings is 3. The van der Waals surface area contributed by atoms with Crippen molar-refractivity contribution in [1.29, 1.82) is 0 Å². The standard InChI is InChI=1S/C24H29N3O3S.C4H11N/c1-2-3-14-26-17-20-15-22(27-18-19-10-6-4-7-11-19)24(23(16-20)31(25,28)29)30-21-12-8-5-9-13-21;1-2-3-4-5/h4-13,15-16,26-27H,2-3,14,17-18H2,1H3,(H2,25,28,29);2-5H2,1H3. The summed E-state index contributed by atoms with van der Waals surface area (Å²) in [4.78, 5) is -0.0401. The molecule has 0 aromatic heterocycles. The summed E-state index contributed by atoms with van der Waals surface area (Å²) in [6.45, 7) is 7.01. The van der Waals surface area contributed by atoms with Crippen molar-refractivity contribution in [3.63, 3.8) is 0 Å². The van der Waals surface area contributed by atoms with E-state index in [1.54, 1.807) is 18.2 Å². The number of rotatable bonds is 13. The first-order valence-corrected chi connectivity index (χ1v) is 14.0. The van der Waals surface area contributed by atoms with E-state index in [9.17, 15) is 8.42 Å². The van der Waals surface area contributed by atoms with Crippen LogP contribution in [0.3, 0.4) is 0 Å². The fourth-order valence-corrected chi connectivity index (χ4v) is 4.07. The summed E-state index contributed by atoms with van der Waals surface area (Å²) in [5.41, 5.74) is 7.60. The van der Waals surface area contributed by atoms with Gasteiger partial charge in [-0.25, -0.2) is 13.6 Å². The van der Waals surface area contributed by atoms with E-state index in [-0.39, 0.29) is 10.6 Å². The molecule has 0 saturated carbocycles. The molecule has 0 atom stereocenters. The van der Waals surface area contributed by atoms with Gasteiger partial charge in [-0.2, -0.15) is 0 Å². The molecule has 6 N–H and O–H groups in total. The molecule has 0 amide bonds. The molecule has 0 bridgehead atoms. The number of para-hydroxylation sites is 1. The fraction of sp³-hybridized carbons (Fsp3) is 0.357. The molecule has 3 aromatic rings. The van der Waals surface area contributed by atoms with Crippen LogP contribution in [0, 0.1) is 0 Å². The Morgan fingerprint density at radius 3 is 2.03 bits per heavy atom. The van der Waals surface area contributed by atoms with Crippen molar-refractivity contribution in [2.75, 3.05) is 18.4 Å². The second kappa shape index (κ2) is 16.0. The van der Waals surface area contributed by atoms with E-state index in [1.165, 1.54) is 12.8 Å². The minimum Gasteiger partial charge on any atom is -0.454 e. The van der Waals surface area contributed by atoms with E-state index in [0.717, 1.165) is 37.1 Å². The maximum absolute atomic E-state index is 12.4. The number of nitrogens with one attached hydrogen (secondary N) is 2. The van der Waals surface area contributed by atoms with Gasteiger partial charge in [0.25, 0.3) is 0 Å². The van der Waals surface area contributed by atoms with Crippen LogP contribution in [-0.4, -0.2) is 21.5 Å². The molecule has 3 aromatic carbocycles. The zero-order chi connectivity index (χ0) is 26.2. The Kier molecular flexibility index (Phi) is 13.0. The van der Waals surface area contributed by atoms with Gasteiger partial charge in [-0.3, -0.25) is 0 Å². The predicted octanol–water partition coefficient (Wildman–Crippen LogP) is 5.37. The van der Waals surface area contributed by atoms with Gasteiger partial charge in [0, 0.05) is 13.1 Å². The lowest BCUT2D eigenvalue weighted by Crippen LogP contribution is -2.18. The van der Waals surface area contributed by atoms with E-state index in [4.69, 9.17) is 15.6 Å². The van der Waals surface area contributed by atoms with E-state index in [0.29, 0.717) is 24.5 Å². The third-order valence-electron chi connectivity index (χ3n) is 5.30. The normalized spacial score (nSPS) is 10.9. The van der Waals surface area contributed by atoms with Crippen molar-refractivity contribution < 1.29 is 13.2 Å². The van der Waals surface area contributed by atoms with Crippen molar-refractivity contribution in [1.82, 2.24) is 5.32 Å². The van der Waals surface area contributed by atoms with Crippen molar-refractivity contribution in [3.05, 3.63) is 83.9 Å². The molecule has 0 aliphatic rings. The highest BCUT2D eigenvalue weighted by atomic mass is 32.2. The monoisotopic (exact) mass is 512 g/mol. The summed E-state index contributed by atoms with van der Waals surface area (Å²) < 4.78 is 30.9. The number of hydrogen-bond donors (Lipinski definition) is 4. The third-order valence-corrected chi connectivity index (χ3v) is 6.22. The van der Waals surface area contributed by atoms with Crippen molar-refractivity contribution in [2.24, 2.45) is 10.9 Å². The van der Waals surface area contributed by atoms with Gasteiger partial charge in [0.1, 0.15) is 10.6 Å². The van der Waals surface area contributed by atoms with Crippen LogP contribution in [0.2, 0.25) is 0 Å². The van der Waals surface area contributed by atoms with Crippen molar-refractivity contribution in [3.8, 4) is 11.5 Å². The first-order valence-electron chi connectivity index (χ1n) is 12.5. The van der Waals surface area contributed by atoms with Gasteiger partial charge in [0.15, 0.2) is 5.75 Å². The van der Waals surface area contributed by atoms with Gasteiger partial charge >= 0.3 is 0 Å². The van der Waals surface area contributed by atoms with Crippen LogP contribution in [0.4, 0.5) is 5.69 Å². The number of nitrogens with two attached hydrogens (primary N) is 2. The van der Waals surface area contributed by atoms with Crippen LogP contribution >= 0.6 is 0 Å². The maximum atomic E-state index is 12.4. The minimum atomic E-state index is -4.01. The fourth-order valence-electron chi connectivity index (χ4n) is 3.35. The number of sulfonamides is 1. The van der Waals surface area contributed by atoms with E-state index >= 15 is 0 Å². The smallest absolute Gasteiger partial charge is 0.241 e. The topological polar surface area (TPSA) is 119 Å². The van der Waals surface area contributed by atoms with E-state index in [2.05, 4.69) is 24.5 Å². The van der Waals surface area contributed by atoms with Crippen LogP contribution in [-0.2, 0) is 23.1 Å². The Bertz CT molecular complexity index is 1120. The first kappa shape index (κ1) is 29.3. The maximum Gasteiger partial charge on any atom is 0.241 e. The quantitative estimate of drug-likeness (QED) is 0.229. The number of unbranched alkanes of at least 4 members (excludes halogenated alkanes) is 2. The van der Waals surface area contributed by atoms with Crippen LogP contribution in [0.25, 0.3) is 0 Å². The van der Waals surface area contributed by atoms with Crippen LogP contribution in [0.15, 0.2) is 77.7 Å². The summed E-state index contributed by atoms with van der Waals surface area (Å²) >= 11 is 0. The molecule has 0 radical (unpaired) electrons. The molecule has 0 unspecified atom stereocenters. The predicted molar refractivity (Wildman–Crippen MR) is 149 cm³/mol. The lowest BCUT2D eigenvalue weighted by atomic mass is 10.1. The molecular weight excluding hydrogens is 472 g/mol. The highest BCUT2D eigenvalue weighted by Gasteiger charge is 2.21. The molecule has 7 nitrogen and oxygen atoms in total. The van der Waals surface area contributed by atoms with Gasteiger partial charge in [-0.1, -0.05) is 75.2 Å². The zero-order valence-electron chi connectivity index (χ0n) is 21.4. The lowest BCUT2D eigenvalue weighted by molar-refractivity contribution is 0.468. The molecule has 196 valence electrons. The highest BCUT2D eigenvalue weighted by molar-refractivity contribution is 7.89. The largest absolute Gasteiger partial charge is 0.454 e.